The molecule has 0 aliphatic heterocycles. The van der Waals surface area contributed by atoms with Gasteiger partial charge in [0.1, 0.15) is 0 Å². The lowest BCUT2D eigenvalue weighted by molar-refractivity contribution is 0.560. The van der Waals surface area contributed by atoms with Crippen molar-refractivity contribution in [2.45, 2.75) is 38.4 Å². The molecule has 3 nitrogen and oxygen atoms in total. The van der Waals surface area contributed by atoms with Gasteiger partial charge in [-0.3, -0.25) is 0 Å². The molecule has 1 N–H and O–H groups in total. The Bertz CT molecular complexity index is 676. The van der Waals surface area contributed by atoms with E-state index in [2.05, 4.69) is 45.8 Å². The fraction of sp³-hybridized carbons (Fsp3) is 0.412. The molecule has 0 saturated heterocycles. The van der Waals surface area contributed by atoms with Gasteiger partial charge in [0, 0.05) is 6.54 Å². The average molecular weight is 338 g/mol. The Hall–Kier alpha value is -1.17. The van der Waals surface area contributed by atoms with Crippen molar-refractivity contribution < 1.29 is 8.42 Å². The van der Waals surface area contributed by atoms with Crippen LogP contribution >= 0.6 is 11.3 Å². The fourth-order valence-electron chi connectivity index (χ4n) is 2.15. The zero-order valence-corrected chi connectivity index (χ0v) is 14.9. The smallest absolute Gasteiger partial charge is 0.214 e. The maximum atomic E-state index is 12.0. The van der Waals surface area contributed by atoms with Gasteiger partial charge < -0.3 is 0 Å². The van der Waals surface area contributed by atoms with Gasteiger partial charge in [0.05, 0.1) is 5.25 Å². The molecule has 0 aliphatic carbocycles. The summed E-state index contributed by atoms with van der Waals surface area (Å²) in [6, 6.07) is 10.4. The fourth-order valence-corrected chi connectivity index (χ4v) is 4.02. The van der Waals surface area contributed by atoms with Gasteiger partial charge in [-0.25, -0.2) is 13.1 Å². The van der Waals surface area contributed by atoms with E-state index in [0.29, 0.717) is 13.0 Å². The summed E-state index contributed by atoms with van der Waals surface area (Å²) in [5.41, 5.74) is 3.56. The molecular weight excluding hydrogens is 314 g/mol. The molecular formula is C17H23NO2S2. The van der Waals surface area contributed by atoms with Crippen LogP contribution in [0.1, 0.15) is 38.7 Å². The minimum atomic E-state index is -3.21. The summed E-state index contributed by atoms with van der Waals surface area (Å²) in [4.78, 5) is 0. The van der Waals surface area contributed by atoms with Crippen LogP contribution in [0.2, 0.25) is 0 Å². The monoisotopic (exact) mass is 337 g/mol. The first-order valence-corrected chi connectivity index (χ1v) is 10.0. The lowest BCUT2D eigenvalue weighted by atomic mass is 9.99. The van der Waals surface area contributed by atoms with Gasteiger partial charge in [-0.2, -0.15) is 11.3 Å². The third-order valence-corrected chi connectivity index (χ3v) is 6.67. The van der Waals surface area contributed by atoms with E-state index in [4.69, 9.17) is 0 Å². The van der Waals surface area contributed by atoms with E-state index >= 15 is 0 Å². The maximum Gasteiger partial charge on any atom is 0.214 e. The van der Waals surface area contributed by atoms with Crippen LogP contribution in [0.4, 0.5) is 0 Å². The molecule has 0 saturated carbocycles. The number of sulfonamides is 1. The molecule has 0 aliphatic rings. The van der Waals surface area contributed by atoms with Gasteiger partial charge in [-0.1, -0.05) is 38.1 Å². The molecule has 1 heterocycles. The Morgan fingerprint density at radius 3 is 2.32 bits per heavy atom. The van der Waals surface area contributed by atoms with E-state index in [1.54, 1.807) is 18.3 Å². The zero-order chi connectivity index (χ0) is 16.2. The number of rotatable bonds is 7. The van der Waals surface area contributed by atoms with E-state index in [-0.39, 0.29) is 11.2 Å². The van der Waals surface area contributed by atoms with Crippen LogP contribution in [0.3, 0.4) is 0 Å². The van der Waals surface area contributed by atoms with Gasteiger partial charge in [0.2, 0.25) is 10.0 Å². The quantitative estimate of drug-likeness (QED) is 0.821. The molecule has 1 aromatic heterocycles. The van der Waals surface area contributed by atoms with E-state index in [1.807, 2.05) is 13.8 Å². The van der Waals surface area contributed by atoms with Crippen LogP contribution in [0.25, 0.3) is 11.1 Å². The standard InChI is InChI=1S/C17H23NO2S2/c1-4-14(3)22(19,20)18-11-13(2)15-5-7-16(8-6-15)17-9-10-21-12-17/h5-10,12-14,18H,4,11H2,1-3H3. The SMILES string of the molecule is CCC(C)S(=O)(=O)NCC(C)c1ccc(-c2ccsc2)cc1. The predicted octanol–water partition coefficient (Wildman–Crippen LogP) is 4.24. The number of hydrogen-bond acceptors (Lipinski definition) is 3. The Labute approximate surface area is 137 Å². The minimum Gasteiger partial charge on any atom is -0.214 e. The van der Waals surface area contributed by atoms with Crippen LogP contribution in [-0.4, -0.2) is 20.2 Å². The van der Waals surface area contributed by atoms with Crippen molar-refractivity contribution in [3.8, 4) is 11.1 Å². The number of thiophene rings is 1. The Morgan fingerprint density at radius 2 is 1.77 bits per heavy atom. The third kappa shape index (κ3) is 4.18. The summed E-state index contributed by atoms with van der Waals surface area (Å²) in [6.07, 6.45) is 0.624. The Kier molecular flexibility index (Phi) is 5.78. The molecule has 5 heteroatoms. The molecule has 0 bridgehead atoms. The lowest BCUT2D eigenvalue weighted by Gasteiger charge is -2.16. The molecule has 1 aromatic carbocycles. The zero-order valence-electron chi connectivity index (χ0n) is 13.2. The first-order valence-electron chi connectivity index (χ1n) is 7.55. The van der Waals surface area contributed by atoms with Crippen LogP contribution in [-0.2, 0) is 10.0 Å². The van der Waals surface area contributed by atoms with Gasteiger partial charge in [0.25, 0.3) is 0 Å². The molecule has 120 valence electrons. The van der Waals surface area contributed by atoms with Crippen molar-refractivity contribution in [2.24, 2.45) is 0 Å². The molecule has 2 atom stereocenters. The highest BCUT2D eigenvalue weighted by atomic mass is 32.2. The normalized spacial score (nSPS) is 14.7. The second-order valence-electron chi connectivity index (χ2n) is 5.65. The van der Waals surface area contributed by atoms with Crippen LogP contribution in [0, 0.1) is 0 Å². The predicted molar refractivity (Wildman–Crippen MR) is 94.8 cm³/mol. The first-order chi connectivity index (χ1) is 10.4. The Morgan fingerprint density at radius 1 is 1.09 bits per heavy atom. The highest BCUT2D eigenvalue weighted by Gasteiger charge is 2.19. The van der Waals surface area contributed by atoms with Crippen molar-refractivity contribution in [2.75, 3.05) is 6.54 Å². The average Bonchev–Trinajstić information content (AvgIpc) is 3.06. The molecule has 0 spiro atoms. The van der Waals surface area contributed by atoms with Crippen molar-refractivity contribution in [3.05, 3.63) is 46.7 Å². The van der Waals surface area contributed by atoms with Gasteiger partial charge in [-0.05, 0) is 52.8 Å². The van der Waals surface area contributed by atoms with E-state index in [1.165, 1.54) is 11.1 Å². The largest absolute Gasteiger partial charge is 0.214 e. The molecule has 22 heavy (non-hydrogen) atoms. The lowest BCUT2D eigenvalue weighted by Crippen LogP contribution is -2.34. The highest BCUT2D eigenvalue weighted by molar-refractivity contribution is 7.90. The minimum absolute atomic E-state index is 0.148. The summed E-state index contributed by atoms with van der Waals surface area (Å²) >= 11 is 1.68. The van der Waals surface area contributed by atoms with Crippen LogP contribution in [0.15, 0.2) is 41.1 Å². The van der Waals surface area contributed by atoms with Crippen molar-refractivity contribution >= 4 is 21.4 Å². The molecule has 0 radical (unpaired) electrons. The highest BCUT2D eigenvalue weighted by Crippen LogP contribution is 2.24. The van der Waals surface area contributed by atoms with Crippen LogP contribution < -0.4 is 4.72 Å². The van der Waals surface area contributed by atoms with Crippen molar-refractivity contribution in [1.29, 1.82) is 0 Å². The maximum absolute atomic E-state index is 12.0. The van der Waals surface area contributed by atoms with Gasteiger partial charge >= 0.3 is 0 Å². The van der Waals surface area contributed by atoms with Crippen LogP contribution in [0.5, 0.6) is 0 Å². The summed E-state index contributed by atoms with van der Waals surface area (Å²) in [5, 5.41) is 3.84. The van der Waals surface area contributed by atoms with E-state index in [9.17, 15) is 8.42 Å². The summed E-state index contributed by atoms with van der Waals surface area (Å²) in [6.45, 7) is 6.10. The Balaban J connectivity index is 2.00. The number of benzene rings is 1. The summed E-state index contributed by atoms with van der Waals surface area (Å²) in [7, 11) is -3.21. The first kappa shape index (κ1) is 17.2. The van der Waals surface area contributed by atoms with Crippen molar-refractivity contribution in [1.82, 2.24) is 4.72 Å². The molecule has 0 amide bonds. The molecule has 2 rings (SSSR count). The van der Waals surface area contributed by atoms with Gasteiger partial charge in [0.15, 0.2) is 0 Å². The second-order valence-corrected chi connectivity index (χ2v) is 8.61. The summed E-state index contributed by atoms with van der Waals surface area (Å²) in [5.74, 6) is 0.148. The van der Waals surface area contributed by atoms with Gasteiger partial charge in [-0.15, -0.1) is 0 Å². The topological polar surface area (TPSA) is 46.2 Å². The molecule has 0 fully saturated rings. The van der Waals surface area contributed by atoms with Crippen molar-refractivity contribution in [3.63, 3.8) is 0 Å². The third-order valence-electron chi connectivity index (χ3n) is 4.03. The number of hydrogen-bond donors (Lipinski definition) is 1. The van der Waals surface area contributed by atoms with E-state index in [0.717, 1.165) is 5.56 Å². The second kappa shape index (κ2) is 7.40. The van der Waals surface area contributed by atoms with E-state index < -0.39 is 10.0 Å². The molecule has 2 unspecified atom stereocenters. The molecule has 2 aromatic rings. The number of nitrogens with one attached hydrogen (secondary N) is 1. The summed E-state index contributed by atoms with van der Waals surface area (Å²) < 4.78 is 26.7.